The third kappa shape index (κ3) is 3.59. The van der Waals surface area contributed by atoms with Crippen molar-refractivity contribution in [3.05, 3.63) is 28.5 Å². The molecule has 104 valence electrons. The van der Waals surface area contributed by atoms with Gasteiger partial charge in [-0.05, 0) is 36.4 Å². The number of nitrogens with one attached hydrogen (secondary N) is 1. The number of hydrazine groups is 1. The van der Waals surface area contributed by atoms with Crippen LogP contribution < -0.4 is 11.3 Å². The number of hydrogen-bond acceptors (Lipinski definition) is 6. The second-order valence-corrected chi connectivity index (χ2v) is 5.40. The lowest BCUT2D eigenvalue weighted by Crippen LogP contribution is -2.28. The SMILES string of the molecule is CCCc1nnsc1C(CCc1cnn(C)c1)NN. The lowest BCUT2D eigenvalue weighted by atomic mass is 10.0. The molecule has 6 nitrogen and oxygen atoms in total. The maximum absolute atomic E-state index is 5.68. The van der Waals surface area contributed by atoms with Crippen LogP contribution in [0.2, 0.25) is 0 Å². The van der Waals surface area contributed by atoms with Crippen LogP contribution >= 0.6 is 11.5 Å². The van der Waals surface area contributed by atoms with Crippen molar-refractivity contribution >= 4 is 11.5 Å². The van der Waals surface area contributed by atoms with Gasteiger partial charge in [-0.25, -0.2) is 0 Å². The first-order valence-electron chi connectivity index (χ1n) is 6.49. The molecule has 2 heterocycles. The molecule has 2 aromatic heterocycles. The normalized spacial score (nSPS) is 12.8. The van der Waals surface area contributed by atoms with Crippen LogP contribution in [-0.2, 0) is 19.9 Å². The van der Waals surface area contributed by atoms with Gasteiger partial charge in [-0.3, -0.25) is 16.0 Å². The second-order valence-electron chi connectivity index (χ2n) is 4.61. The molecule has 3 N–H and O–H groups in total. The van der Waals surface area contributed by atoms with E-state index in [9.17, 15) is 0 Å². The number of rotatable bonds is 7. The number of nitrogens with two attached hydrogens (primary N) is 1. The highest BCUT2D eigenvalue weighted by molar-refractivity contribution is 7.05. The molecule has 0 saturated carbocycles. The van der Waals surface area contributed by atoms with Crippen LogP contribution in [0.15, 0.2) is 12.4 Å². The third-order valence-corrected chi connectivity index (χ3v) is 3.95. The lowest BCUT2D eigenvalue weighted by Gasteiger charge is -2.14. The van der Waals surface area contributed by atoms with Crippen LogP contribution in [0.25, 0.3) is 0 Å². The van der Waals surface area contributed by atoms with Gasteiger partial charge in [0.05, 0.1) is 22.8 Å². The van der Waals surface area contributed by atoms with Gasteiger partial charge >= 0.3 is 0 Å². The minimum atomic E-state index is 0.113. The molecule has 7 heteroatoms. The minimum Gasteiger partial charge on any atom is -0.276 e. The average molecular weight is 280 g/mol. The van der Waals surface area contributed by atoms with E-state index in [2.05, 4.69) is 27.0 Å². The van der Waals surface area contributed by atoms with E-state index in [0.29, 0.717) is 0 Å². The van der Waals surface area contributed by atoms with Gasteiger partial charge in [-0.15, -0.1) is 5.10 Å². The Morgan fingerprint density at radius 3 is 2.95 bits per heavy atom. The summed E-state index contributed by atoms with van der Waals surface area (Å²) in [4.78, 5) is 1.16. The molecule has 0 radical (unpaired) electrons. The van der Waals surface area contributed by atoms with Crippen molar-refractivity contribution < 1.29 is 0 Å². The predicted molar refractivity (Wildman–Crippen MR) is 75.5 cm³/mol. The highest BCUT2D eigenvalue weighted by Gasteiger charge is 2.17. The molecule has 0 aliphatic heterocycles. The summed E-state index contributed by atoms with van der Waals surface area (Å²) in [7, 11) is 1.93. The highest BCUT2D eigenvalue weighted by atomic mass is 32.1. The molecule has 0 aliphatic carbocycles. The van der Waals surface area contributed by atoms with Crippen LogP contribution in [0, 0.1) is 0 Å². The zero-order chi connectivity index (χ0) is 13.7. The number of hydrogen-bond donors (Lipinski definition) is 2. The first kappa shape index (κ1) is 14.1. The standard InChI is InChI=1S/C12H20N6S/c1-3-4-11-12(19-17-16-11)10(15-13)6-5-9-7-14-18(2)8-9/h7-8,10,15H,3-6,13H2,1-2H3. The summed E-state index contributed by atoms with van der Waals surface area (Å²) in [6.45, 7) is 2.14. The van der Waals surface area contributed by atoms with E-state index in [0.717, 1.165) is 36.3 Å². The molecule has 0 bridgehead atoms. The Morgan fingerprint density at radius 2 is 2.32 bits per heavy atom. The molecular weight excluding hydrogens is 260 g/mol. The van der Waals surface area contributed by atoms with E-state index >= 15 is 0 Å². The van der Waals surface area contributed by atoms with Gasteiger partial charge in [0.15, 0.2) is 0 Å². The molecule has 0 amide bonds. The van der Waals surface area contributed by atoms with Crippen LogP contribution in [0.1, 0.15) is 41.9 Å². The summed E-state index contributed by atoms with van der Waals surface area (Å²) in [5.74, 6) is 5.68. The maximum Gasteiger partial charge on any atom is 0.0804 e. The van der Waals surface area contributed by atoms with Crippen LogP contribution in [0.5, 0.6) is 0 Å². The zero-order valence-corrected chi connectivity index (χ0v) is 12.2. The third-order valence-electron chi connectivity index (χ3n) is 3.07. The summed E-state index contributed by atoms with van der Waals surface area (Å²) in [5, 5.41) is 8.36. The van der Waals surface area contributed by atoms with Crippen molar-refractivity contribution in [2.24, 2.45) is 12.9 Å². The van der Waals surface area contributed by atoms with E-state index < -0.39 is 0 Å². The Bertz CT molecular complexity index is 506. The quantitative estimate of drug-likeness (QED) is 0.591. The van der Waals surface area contributed by atoms with Crippen molar-refractivity contribution in [2.75, 3.05) is 0 Å². The molecule has 1 unspecified atom stereocenters. The van der Waals surface area contributed by atoms with E-state index in [1.54, 1.807) is 0 Å². The Kier molecular flexibility index (Phi) is 5.00. The van der Waals surface area contributed by atoms with Gasteiger partial charge in [-0.2, -0.15) is 5.10 Å². The van der Waals surface area contributed by atoms with Crippen molar-refractivity contribution in [1.29, 1.82) is 0 Å². The second kappa shape index (κ2) is 6.74. The molecule has 19 heavy (non-hydrogen) atoms. The molecule has 0 fully saturated rings. The van der Waals surface area contributed by atoms with Gasteiger partial charge in [0.1, 0.15) is 0 Å². The van der Waals surface area contributed by atoms with Crippen LogP contribution in [-0.4, -0.2) is 19.4 Å². The largest absolute Gasteiger partial charge is 0.276 e. The van der Waals surface area contributed by atoms with Gasteiger partial charge < -0.3 is 0 Å². The molecule has 0 aromatic carbocycles. The predicted octanol–water partition coefficient (Wildman–Crippen LogP) is 1.36. The van der Waals surface area contributed by atoms with Gasteiger partial charge in [-0.1, -0.05) is 17.8 Å². The summed E-state index contributed by atoms with van der Waals surface area (Å²) < 4.78 is 5.86. The lowest BCUT2D eigenvalue weighted by molar-refractivity contribution is 0.518. The average Bonchev–Trinajstić information content (AvgIpc) is 3.01. The summed E-state index contributed by atoms with van der Waals surface area (Å²) >= 11 is 1.44. The summed E-state index contributed by atoms with van der Waals surface area (Å²) in [5.41, 5.74) is 5.17. The van der Waals surface area contributed by atoms with E-state index in [1.807, 2.05) is 24.1 Å². The Hall–Kier alpha value is -1.31. The molecule has 0 aliphatic rings. The van der Waals surface area contributed by atoms with Crippen molar-refractivity contribution in [2.45, 2.75) is 38.6 Å². The molecule has 0 spiro atoms. The fourth-order valence-corrected chi connectivity index (χ4v) is 2.88. The van der Waals surface area contributed by atoms with Crippen molar-refractivity contribution in [3.63, 3.8) is 0 Å². The number of nitrogens with zero attached hydrogens (tertiary/aromatic N) is 4. The van der Waals surface area contributed by atoms with Gasteiger partial charge in [0.25, 0.3) is 0 Å². The molecule has 1 atom stereocenters. The van der Waals surface area contributed by atoms with Crippen LogP contribution in [0.4, 0.5) is 0 Å². The molecule has 2 aromatic rings. The van der Waals surface area contributed by atoms with Crippen molar-refractivity contribution in [1.82, 2.24) is 24.8 Å². The van der Waals surface area contributed by atoms with E-state index in [1.165, 1.54) is 17.1 Å². The van der Waals surface area contributed by atoms with Crippen molar-refractivity contribution in [3.8, 4) is 0 Å². The first-order valence-corrected chi connectivity index (χ1v) is 7.26. The van der Waals surface area contributed by atoms with E-state index in [4.69, 9.17) is 5.84 Å². The Morgan fingerprint density at radius 1 is 1.47 bits per heavy atom. The smallest absolute Gasteiger partial charge is 0.0804 e. The summed E-state index contributed by atoms with van der Waals surface area (Å²) in [6, 6.07) is 0.113. The zero-order valence-electron chi connectivity index (χ0n) is 11.3. The maximum atomic E-state index is 5.68. The number of aromatic nitrogens is 4. The highest BCUT2D eigenvalue weighted by Crippen LogP contribution is 2.25. The fourth-order valence-electron chi connectivity index (χ4n) is 2.09. The molecule has 0 saturated heterocycles. The molecular formula is C12H20N6S. The number of aryl methyl sites for hydroxylation is 3. The van der Waals surface area contributed by atoms with Gasteiger partial charge in [0, 0.05) is 13.2 Å². The van der Waals surface area contributed by atoms with E-state index in [-0.39, 0.29) is 6.04 Å². The Balaban J connectivity index is 2.01. The van der Waals surface area contributed by atoms with Gasteiger partial charge in [0.2, 0.25) is 0 Å². The van der Waals surface area contributed by atoms with Crippen LogP contribution in [0.3, 0.4) is 0 Å². The first-order chi connectivity index (χ1) is 9.24. The Labute approximate surface area is 117 Å². The topological polar surface area (TPSA) is 81.7 Å². The molecule has 2 rings (SSSR count). The minimum absolute atomic E-state index is 0.113. The fraction of sp³-hybridized carbons (Fsp3) is 0.583. The monoisotopic (exact) mass is 280 g/mol. The summed E-state index contributed by atoms with van der Waals surface area (Å²) in [6.07, 6.45) is 7.81.